The van der Waals surface area contributed by atoms with Crippen LogP contribution < -0.4 is 10.1 Å². The minimum Gasteiger partial charge on any atom is -0.480 e. The van der Waals surface area contributed by atoms with Gasteiger partial charge >= 0.3 is 12.1 Å². The third-order valence-electron chi connectivity index (χ3n) is 8.29. The Balaban J connectivity index is 1.92. The molecule has 40 heavy (non-hydrogen) atoms. The van der Waals surface area contributed by atoms with E-state index in [0.717, 1.165) is 25.3 Å². The molecule has 2 aromatic rings. The maximum Gasteiger partial charge on any atom is 0.417 e. The number of anilines is 1. The largest absolute Gasteiger partial charge is 0.480 e. The number of carboxylic acids is 1. The normalized spacial score (nSPS) is 24.1. The van der Waals surface area contributed by atoms with Crippen molar-refractivity contribution < 1.29 is 37.3 Å². The van der Waals surface area contributed by atoms with Gasteiger partial charge in [0.05, 0.1) is 36.0 Å². The minimum atomic E-state index is -4.66. The van der Waals surface area contributed by atoms with E-state index < -0.39 is 47.4 Å². The fourth-order valence-corrected chi connectivity index (χ4v) is 6.21. The third-order valence-corrected chi connectivity index (χ3v) is 8.29. The first-order chi connectivity index (χ1) is 18.9. The van der Waals surface area contributed by atoms with Crippen LogP contribution in [0.5, 0.6) is 5.88 Å². The molecule has 0 unspecified atom stereocenters. The van der Waals surface area contributed by atoms with Crippen LogP contribution in [0.4, 0.5) is 18.9 Å². The Morgan fingerprint density at radius 1 is 1.07 bits per heavy atom. The Morgan fingerprint density at radius 3 is 2.27 bits per heavy atom. The second kappa shape index (κ2) is 11.6. The number of aliphatic carboxylic acids is 1. The van der Waals surface area contributed by atoms with Crippen LogP contribution in [0.25, 0.3) is 0 Å². The van der Waals surface area contributed by atoms with Crippen molar-refractivity contribution in [1.29, 1.82) is 0 Å². The fraction of sp³-hybridized carbons (Fsp3) is 0.552. The van der Waals surface area contributed by atoms with Crippen LogP contribution in [0.15, 0.2) is 42.6 Å². The first kappa shape index (κ1) is 29.6. The molecular weight excluding hydrogens is 527 g/mol. The predicted molar refractivity (Wildman–Crippen MR) is 142 cm³/mol. The molecule has 1 saturated heterocycles. The third kappa shape index (κ3) is 5.75. The van der Waals surface area contributed by atoms with Gasteiger partial charge in [-0.2, -0.15) is 13.2 Å². The molecular formula is C29H36F3N3O5. The first-order valence-electron chi connectivity index (χ1n) is 13.4. The van der Waals surface area contributed by atoms with Gasteiger partial charge in [0.1, 0.15) is 6.04 Å². The molecule has 1 amide bonds. The summed E-state index contributed by atoms with van der Waals surface area (Å²) in [6, 6.07) is 6.86. The summed E-state index contributed by atoms with van der Waals surface area (Å²) in [6.45, 7) is 3.45. The van der Waals surface area contributed by atoms with Crippen molar-refractivity contribution >= 4 is 17.6 Å². The van der Waals surface area contributed by atoms with Crippen molar-refractivity contribution in [2.75, 3.05) is 19.5 Å². The van der Waals surface area contributed by atoms with Crippen molar-refractivity contribution in [1.82, 2.24) is 9.88 Å². The molecule has 11 heteroatoms. The maximum atomic E-state index is 14.2. The molecule has 218 valence electrons. The highest BCUT2D eigenvalue weighted by Gasteiger charge is 2.60. The van der Waals surface area contributed by atoms with E-state index in [4.69, 9.17) is 9.47 Å². The van der Waals surface area contributed by atoms with Crippen molar-refractivity contribution in [2.45, 2.75) is 75.9 Å². The van der Waals surface area contributed by atoms with Crippen LogP contribution in [-0.2, 0) is 20.5 Å². The number of amides is 1. The van der Waals surface area contributed by atoms with E-state index in [1.807, 2.05) is 0 Å². The average Bonchev–Trinajstić information content (AvgIpc) is 3.29. The number of likely N-dealkylation sites (tertiary alicyclic amines) is 1. The van der Waals surface area contributed by atoms with E-state index in [1.54, 1.807) is 44.2 Å². The standard InChI is InChI=1S/C29H36F3N3O5/c1-28(2,40-4)21-22(34-20-15-19(29(30,31)32)16-33-25(20)39-3)23(17-11-7-5-8-12-17)35(24(21)27(37)38)26(36)18-13-9-6-10-14-18/h5,7-8,11-12,15-16,18,21-24,34H,6,9-10,13-14H2,1-4H3,(H,37,38)/t21-,22-,23-,24-/m1/s1. The summed E-state index contributed by atoms with van der Waals surface area (Å²) in [6.07, 6.45) is 0.0977. The van der Waals surface area contributed by atoms with Crippen LogP contribution in [0.2, 0.25) is 0 Å². The zero-order valence-corrected chi connectivity index (χ0v) is 23.1. The van der Waals surface area contributed by atoms with Crippen molar-refractivity contribution in [3.8, 4) is 5.88 Å². The average molecular weight is 564 g/mol. The monoisotopic (exact) mass is 563 g/mol. The number of methoxy groups -OCH3 is 2. The maximum absolute atomic E-state index is 14.2. The summed E-state index contributed by atoms with van der Waals surface area (Å²) in [5, 5.41) is 13.8. The quantitative estimate of drug-likeness (QED) is 0.435. The number of ether oxygens (including phenoxy) is 2. The Bertz CT molecular complexity index is 1200. The van der Waals surface area contributed by atoms with Crippen LogP contribution in [0.1, 0.15) is 63.1 Å². The second-order valence-corrected chi connectivity index (χ2v) is 11.0. The summed E-state index contributed by atoms with van der Waals surface area (Å²) >= 11 is 0. The van der Waals surface area contributed by atoms with Crippen LogP contribution in [-0.4, -0.2) is 58.8 Å². The lowest BCUT2D eigenvalue weighted by molar-refractivity contribution is -0.156. The predicted octanol–water partition coefficient (Wildman–Crippen LogP) is 5.55. The van der Waals surface area contributed by atoms with E-state index in [2.05, 4.69) is 10.3 Å². The highest BCUT2D eigenvalue weighted by Crippen LogP contribution is 2.49. The SMILES string of the molecule is COc1ncc(C(F)(F)F)cc1N[C@@H]1[C@@H](C(C)(C)OC)[C@H](C(=O)O)N(C(=O)C2CCCCC2)[C@@H]1c1ccccc1. The number of nitrogens with one attached hydrogen (secondary N) is 1. The number of alkyl halides is 3. The summed E-state index contributed by atoms with van der Waals surface area (Å²) < 4.78 is 52.1. The van der Waals surface area contributed by atoms with Crippen LogP contribution >= 0.6 is 0 Å². The van der Waals surface area contributed by atoms with E-state index >= 15 is 0 Å². The molecule has 1 aliphatic heterocycles. The van der Waals surface area contributed by atoms with Gasteiger partial charge in [0, 0.05) is 25.1 Å². The number of hydrogen-bond donors (Lipinski definition) is 2. The van der Waals surface area contributed by atoms with E-state index in [0.29, 0.717) is 24.6 Å². The molecule has 2 aliphatic rings. The molecule has 1 aromatic carbocycles. The fourth-order valence-electron chi connectivity index (χ4n) is 6.21. The van der Waals surface area contributed by atoms with Gasteiger partial charge in [0.2, 0.25) is 11.8 Å². The molecule has 2 N–H and O–H groups in total. The van der Waals surface area contributed by atoms with Crippen molar-refractivity contribution in [2.24, 2.45) is 11.8 Å². The molecule has 1 aliphatic carbocycles. The lowest BCUT2D eigenvalue weighted by atomic mass is 9.79. The number of halogens is 3. The number of carbonyl (C=O) groups excluding carboxylic acids is 1. The van der Waals surface area contributed by atoms with Gasteiger partial charge in [-0.05, 0) is 38.3 Å². The van der Waals surface area contributed by atoms with Gasteiger partial charge < -0.3 is 24.8 Å². The van der Waals surface area contributed by atoms with Gasteiger partial charge in [-0.15, -0.1) is 0 Å². The molecule has 0 radical (unpaired) electrons. The lowest BCUT2D eigenvalue weighted by Crippen LogP contribution is -2.52. The minimum absolute atomic E-state index is 0.0590. The number of benzene rings is 1. The molecule has 2 fully saturated rings. The molecule has 4 atom stereocenters. The molecule has 1 aromatic heterocycles. The molecule has 2 heterocycles. The zero-order valence-electron chi connectivity index (χ0n) is 23.1. The van der Waals surface area contributed by atoms with Gasteiger partial charge in [0.25, 0.3) is 0 Å². The van der Waals surface area contributed by atoms with Crippen molar-refractivity contribution in [3.63, 3.8) is 0 Å². The summed E-state index contributed by atoms with van der Waals surface area (Å²) in [4.78, 5) is 32.5. The number of rotatable bonds is 8. The number of nitrogens with zero attached hydrogens (tertiary/aromatic N) is 2. The lowest BCUT2D eigenvalue weighted by Gasteiger charge is -2.37. The number of carboxylic acid groups (broad SMARTS) is 1. The Hall–Kier alpha value is -3.34. The number of aromatic nitrogens is 1. The number of pyridine rings is 1. The molecule has 0 bridgehead atoms. The van der Waals surface area contributed by atoms with Crippen molar-refractivity contribution in [3.05, 3.63) is 53.7 Å². The smallest absolute Gasteiger partial charge is 0.417 e. The molecule has 1 saturated carbocycles. The van der Waals surface area contributed by atoms with Gasteiger partial charge in [-0.1, -0.05) is 49.6 Å². The Kier molecular flexibility index (Phi) is 8.63. The summed E-state index contributed by atoms with van der Waals surface area (Å²) in [5.74, 6) is -2.77. The molecule has 4 rings (SSSR count). The summed E-state index contributed by atoms with van der Waals surface area (Å²) in [7, 11) is 2.74. The van der Waals surface area contributed by atoms with Crippen LogP contribution in [0.3, 0.4) is 0 Å². The summed E-state index contributed by atoms with van der Waals surface area (Å²) in [5.41, 5.74) is -1.49. The topological polar surface area (TPSA) is 101 Å². The van der Waals surface area contributed by atoms with Gasteiger partial charge in [-0.25, -0.2) is 9.78 Å². The number of carbonyl (C=O) groups is 2. The Labute approximate surface area is 231 Å². The number of hydrogen-bond acceptors (Lipinski definition) is 6. The van der Waals surface area contributed by atoms with E-state index in [-0.39, 0.29) is 23.4 Å². The zero-order chi connectivity index (χ0) is 29.2. The Morgan fingerprint density at radius 2 is 1.73 bits per heavy atom. The van der Waals surface area contributed by atoms with Gasteiger partial charge in [-0.3, -0.25) is 4.79 Å². The second-order valence-electron chi connectivity index (χ2n) is 11.0. The first-order valence-corrected chi connectivity index (χ1v) is 13.4. The van der Waals surface area contributed by atoms with E-state index in [9.17, 15) is 27.9 Å². The highest BCUT2D eigenvalue weighted by atomic mass is 19.4. The molecule has 8 nitrogen and oxygen atoms in total. The molecule has 0 spiro atoms. The van der Waals surface area contributed by atoms with E-state index in [1.165, 1.54) is 19.1 Å². The van der Waals surface area contributed by atoms with Crippen LogP contribution in [0, 0.1) is 11.8 Å². The highest BCUT2D eigenvalue weighted by molar-refractivity contribution is 5.87. The van der Waals surface area contributed by atoms with Gasteiger partial charge in [0.15, 0.2) is 0 Å².